The number of sulfone groups is 1. The summed E-state index contributed by atoms with van der Waals surface area (Å²) in [7, 11) is -3.18. The van der Waals surface area contributed by atoms with E-state index in [0.29, 0.717) is 23.3 Å². The first-order valence-electron chi connectivity index (χ1n) is 8.57. The highest BCUT2D eigenvalue weighted by Crippen LogP contribution is 2.26. The molecule has 1 fully saturated rings. The zero-order chi connectivity index (χ0) is 16.9. The molecule has 0 saturated heterocycles. The maximum Gasteiger partial charge on any atom is 0.224 e. The first-order chi connectivity index (χ1) is 11.0. The predicted octanol–water partition coefficient (Wildman–Crippen LogP) is 3.11. The van der Waals surface area contributed by atoms with Gasteiger partial charge in [-0.1, -0.05) is 45.2 Å². The Morgan fingerprint density at radius 2 is 1.78 bits per heavy atom. The zero-order valence-corrected chi connectivity index (χ0v) is 14.9. The number of rotatable bonds is 6. The van der Waals surface area contributed by atoms with Gasteiger partial charge >= 0.3 is 0 Å². The van der Waals surface area contributed by atoms with E-state index in [-0.39, 0.29) is 11.7 Å². The van der Waals surface area contributed by atoms with Crippen molar-refractivity contribution in [2.45, 2.75) is 63.3 Å². The summed E-state index contributed by atoms with van der Waals surface area (Å²) in [4.78, 5) is 12.6. The first-order valence-corrected chi connectivity index (χ1v) is 10.2. The Bertz CT molecular complexity index is 622. The lowest BCUT2D eigenvalue weighted by atomic mass is 9.83. The molecule has 0 radical (unpaired) electrons. The molecule has 0 aliphatic heterocycles. The van der Waals surface area contributed by atoms with Crippen molar-refractivity contribution in [3.05, 3.63) is 29.8 Å². The molecule has 2 unspecified atom stereocenters. The van der Waals surface area contributed by atoms with Gasteiger partial charge in [-0.15, -0.1) is 0 Å². The van der Waals surface area contributed by atoms with Crippen LogP contribution in [0.25, 0.3) is 0 Å². The standard InChI is InChI=1S/C18H27NO3S/c1-3-15-7-5-6-8-17(15)19-18(20)13-14-9-11-16(12-10-14)23(21,22)4-2/h9-12,15,17H,3-8,13H2,1-2H3,(H,19,20). The summed E-state index contributed by atoms with van der Waals surface area (Å²) in [6, 6.07) is 6.95. The number of hydrogen-bond acceptors (Lipinski definition) is 3. The average molecular weight is 337 g/mol. The lowest BCUT2D eigenvalue weighted by molar-refractivity contribution is -0.121. The van der Waals surface area contributed by atoms with Gasteiger partial charge in [0.2, 0.25) is 5.91 Å². The molecule has 2 rings (SSSR count). The maximum atomic E-state index is 12.3. The van der Waals surface area contributed by atoms with Gasteiger partial charge in [0, 0.05) is 6.04 Å². The van der Waals surface area contributed by atoms with Crippen molar-refractivity contribution < 1.29 is 13.2 Å². The van der Waals surface area contributed by atoms with E-state index in [0.717, 1.165) is 18.4 Å². The average Bonchev–Trinajstić information content (AvgIpc) is 2.55. The van der Waals surface area contributed by atoms with Crippen LogP contribution in [-0.2, 0) is 21.1 Å². The molecule has 1 amide bonds. The van der Waals surface area contributed by atoms with Crippen LogP contribution >= 0.6 is 0 Å². The van der Waals surface area contributed by atoms with Crippen molar-refractivity contribution >= 4 is 15.7 Å². The van der Waals surface area contributed by atoms with Gasteiger partial charge in [0.1, 0.15) is 0 Å². The third-order valence-corrected chi connectivity index (χ3v) is 6.56. The monoisotopic (exact) mass is 337 g/mol. The Morgan fingerprint density at radius 3 is 2.39 bits per heavy atom. The fraction of sp³-hybridized carbons (Fsp3) is 0.611. The van der Waals surface area contributed by atoms with Crippen molar-refractivity contribution in [2.24, 2.45) is 5.92 Å². The molecule has 2 atom stereocenters. The van der Waals surface area contributed by atoms with Crippen molar-refractivity contribution in [3.63, 3.8) is 0 Å². The van der Waals surface area contributed by atoms with Gasteiger partial charge in [-0.2, -0.15) is 0 Å². The summed E-state index contributed by atoms with van der Waals surface area (Å²) in [5.74, 6) is 0.707. The Kier molecular flexibility index (Phi) is 6.22. The summed E-state index contributed by atoms with van der Waals surface area (Å²) in [5, 5.41) is 3.17. The molecule has 0 spiro atoms. The molecule has 1 saturated carbocycles. The molecule has 1 aromatic carbocycles. The van der Waals surface area contributed by atoms with Gasteiger partial charge in [0.05, 0.1) is 17.1 Å². The van der Waals surface area contributed by atoms with Crippen molar-refractivity contribution in [3.8, 4) is 0 Å². The molecule has 1 N–H and O–H groups in total. The van der Waals surface area contributed by atoms with E-state index in [1.807, 2.05) is 0 Å². The molecule has 0 heterocycles. The number of carbonyl (C=O) groups is 1. The van der Waals surface area contributed by atoms with Gasteiger partial charge in [-0.25, -0.2) is 8.42 Å². The van der Waals surface area contributed by atoms with Crippen LogP contribution in [0.1, 0.15) is 51.5 Å². The Labute approximate surface area is 139 Å². The smallest absolute Gasteiger partial charge is 0.224 e. The van der Waals surface area contributed by atoms with Crippen LogP contribution in [0, 0.1) is 5.92 Å². The molecular weight excluding hydrogens is 310 g/mol. The van der Waals surface area contributed by atoms with Crippen LogP contribution in [0.5, 0.6) is 0 Å². The van der Waals surface area contributed by atoms with Gasteiger partial charge in [-0.3, -0.25) is 4.79 Å². The van der Waals surface area contributed by atoms with Gasteiger partial charge < -0.3 is 5.32 Å². The van der Waals surface area contributed by atoms with Crippen LogP contribution < -0.4 is 5.32 Å². The second-order valence-corrected chi connectivity index (χ2v) is 8.63. The third kappa shape index (κ3) is 4.80. The fourth-order valence-electron chi connectivity index (χ4n) is 3.31. The summed E-state index contributed by atoms with van der Waals surface area (Å²) < 4.78 is 23.6. The molecule has 1 aliphatic rings. The van der Waals surface area contributed by atoms with E-state index in [1.165, 1.54) is 19.3 Å². The SMILES string of the molecule is CCC1CCCCC1NC(=O)Cc1ccc(S(=O)(=O)CC)cc1. The molecule has 4 nitrogen and oxygen atoms in total. The third-order valence-electron chi connectivity index (χ3n) is 4.81. The van der Waals surface area contributed by atoms with E-state index in [4.69, 9.17) is 0 Å². The Morgan fingerprint density at radius 1 is 1.13 bits per heavy atom. The number of hydrogen-bond donors (Lipinski definition) is 1. The lowest BCUT2D eigenvalue weighted by Gasteiger charge is -2.31. The summed E-state index contributed by atoms with van der Waals surface area (Å²) in [6.07, 6.45) is 6.13. The van der Waals surface area contributed by atoms with Gasteiger partial charge in [-0.05, 0) is 36.5 Å². The summed E-state index contributed by atoms with van der Waals surface area (Å²) in [5.41, 5.74) is 0.849. The van der Waals surface area contributed by atoms with Crippen LogP contribution in [0.3, 0.4) is 0 Å². The summed E-state index contributed by atoms with van der Waals surface area (Å²) in [6.45, 7) is 3.81. The van der Waals surface area contributed by atoms with E-state index in [2.05, 4.69) is 12.2 Å². The minimum Gasteiger partial charge on any atom is -0.353 e. The second-order valence-electron chi connectivity index (χ2n) is 6.35. The highest BCUT2D eigenvalue weighted by Gasteiger charge is 2.24. The first kappa shape index (κ1) is 18.0. The highest BCUT2D eigenvalue weighted by atomic mass is 32.2. The molecular formula is C18H27NO3S. The number of nitrogens with one attached hydrogen (secondary N) is 1. The predicted molar refractivity (Wildman–Crippen MR) is 92.1 cm³/mol. The second kappa shape index (κ2) is 7.95. The highest BCUT2D eigenvalue weighted by molar-refractivity contribution is 7.91. The molecule has 0 bridgehead atoms. The maximum absolute atomic E-state index is 12.3. The summed E-state index contributed by atoms with van der Waals surface area (Å²) >= 11 is 0. The quantitative estimate of drug-likeness (QED) is 0.867. The van der Waals surface area contributed by atoms with Crippen molar-refractivity contribution in [1.29, 1.82) is 0 Å². The molecule has 23 heavy (non-hydrogen) atoms. The molecule has 5 heteroatoms. The van der Waals surface area contributed by atoms with Gasteiger partial charge in [0.25, 0.3) is 0 Å². The normalized spacial score (nSPS) is 21.8. The number of amides is 1. The van der Waals surface area contributed by atoms with Crippen LogP contribution in [0.4, 0.5) is 0 Å². The minimum atomic E-state index is -3.18. The minimum absolute atomic E-state index is 0.0291. The van der Waals surface area contributed by atoms with E-state index in [1.54, 1.807) is 31.2 Å². The van der Waals surface area contributed by atoms with Crippen LogP contribution in [0.2, 0.25) is 0 Å². The van der Waals surface area contributed by atoms with E-state index >= 15 is 0 Å². The molecule has 0 aromatic heterocycles. The number of benzene rings is 1. The van der Waals surface area contributed by atoms with Crippen molar-refractivity contribution in [2.75, 3.05) is 5.75 Å². The molecule has 1 aromatic rings. The Balaban J connectivity index is 1.95. The van der Waals surface area contributed by atoms with Crippen LogP contribution in [0.15, 0.2) is 29.2 Å². The largest absolute Gasteiger partial charge is 0.353 e. The topological polar surface area (TPSA) is 63.2 Å². The zero-order valence-electron chi connectivity index (χ0n) is 14.0. The Hall–Kier alpha value is -1.36. The lowest BCUT2D eigenvalue weighted by Crippen LogP contribution is -2.42. The fourth-order valence-corrected chi connectivity index (χ4v) is 4.19. The van der Waals surface area contributed by atoms with Gasteiger partial charge in [0.15, 0.2) is 9.84 Å². The van der Waals surface area contributed by atoms with E-state index < -0.39 is 9.84 Å². The van der Waals surface area contributed by atoms with Crippen molar-refractivity contribution in [1.82, 2.24) is 5.32 Å². The van der Waals surface area contributed by atoms with E-state index in [9.17, 15) is 13.2 Å². The van der Waals surface area contributed by atoms with Crippen LogP contribution in [-0.4, -0.2) is 26.1 Å². The molecule has 128 valence electrons. The number of carbonyl (C=O) groups excluding carboxylic acids is 1. The molecule has 1 aliphatic carbocycles.